The van der Waals surface area contributed by atoms with Crippen molar-refractivity contribution in [1.82, 2.24) is 9.88 Å². The van der Waals surface area contributed by atoms with E-state index in [0.29, 0.717) is 11.3 Å². The van der Waals surface area contributed by atoms with Crippen molar-refractivity contribution in [2.45, 2.75) is 31.5 Å². The number of carbonyl (C=O) groups is 1. The van der Waals surface area contributed by atoms with Gasteiger partial charge in [0.05, 0.1) is 12.3 Å². The minimum atomic E-state index is -4.82. The van der Waals surface area contributed by atoms with E-state index >= 15 is 0 Å². The maximum atomic E-state index is 12.5. The van der Waals surface area contributed by atoms with Gasteiger partial charge in [-0.2, -0.15) is 13.2 Å². The van der Waals surface area contributed by atoms with Gasteiger partial charge in [-0.3, -0.25) is 9.59 Å². The number of aliphatic hydroxyl groups is 1. The van der Waals surface area contributed by atoms with E-state index in [0.717, 1.165) is 16.7 Å². The molecule has 0 spiro atoms. The van der Waals surface area contributed by atoms with E-state index in [-0.39, 0.29) is 23.5 Å². The van der Waals surface area contributed by atoms with Crippen molar-refractivity contribution in [3.05, 3.63) is 105 Å². The number of amides is 1. The third kappa shape index (κ3) is 6.39. The number of carbonyl (C=O) groups excluding carboxylic acids is 1. The van der Waals surface area contributed by atoms with Crippen LogP contribution >= 0.6 is 0 Å². The Morgan fingerprint density at radius 1 is 1.06 bits per heavy atom. The monoisotopic (exact) mass is 501 g/mol. The molecule has 0 aliphatic rings. The predicted octanol–water partition coefficient (Wildman–Crippen LogP) is 3.75. The lowest BCUT2D eigenvalue weighted by Gasteiger charge is -2.21. The second-order valence-corrected chi connectivity index (χ2v) is 8.42. The van der Waals surface area contributed by atoms with Crippen LogP contribution in [-0.4, -0.2) is 45.3 Å². The summed E-state index contributed by atoms with van der Waals surface area (Å²) >= 11 is 0. The quantitative estimate of drug-likeness (QED) is 0.249. The second-order valence-electron chi connectivity index (χ2n) is 8.42. The SMILES string of the molecule is Cc1ccccc1C(CC(=NO)c1ccc(=O)n(C)c1)c1ccc(C(=O)NCC(O)C(F)(F)F)cc1. The molecule has 10 heteroatoms. The molecule has 2 atom stereocenters. The lowest BCUT2D eigenvalue weighted by Crippen LogP contribution is -2.40. The van der Waals surface area contributed by atoms with Gasteiger partial charge in [-0.25, -0.2) is 0 Å². The number of nitrogens with zero attached hydrogens (tertiary/aromatic N) is 2. The average molecular weight is 502 g/mol. The fraction of sp³-hybridized carbons (Fsp3) is 0.269. The van der Waals surface area contributed by atoms with Crippen LogP contribution in [0.3, 0.4) is 0 Å². The standard InChI is InChI=1S/C26H26F3N3O4/c1-16-5-3-4-6-20(16)21(13-22(31-36)19-11-12-24(34)32(2)15-19)17-7-9-18(10-8-17)25(35)30-14-23(33)26(27,28)29/h3-12,15,21,23,33,36H,13-14H2,1-2H3,(H,30,35). The summed E-state index contributed by atoms with van der Waals surface area (Å²) in [5, 5.41) is 24.4. The number of aromatic nitrogens is 1. The molecule has 0 radical (unpaired) electrons. The molecule has 1 amide bonds. The summed E-state index contributed by atoms with van der Waals surface area (Å²) in [6.45, 7) is 0.990. The van der Waals surface area contributed by atoms with Gasteiger partial charge in [0.25, 0.3) is 5.91 Å². The van der Waals surface area contributed by atoms with Crippen LogP contribution in [0.4, 0.5) is 13.2 Å². The van der Waals surface area contributed by atoms with Gasteiger partial charge in [-0.1, -0.05) is 41.6 Å². The van der Waals surface area contributed by atoms with Crippen LogP contribution in [0, 0.1) is 6.92 Å². The molecule has 1 heterocycles. The molecule has 3 aromatic rings. The van der Waals surface area contributed by atoms with Gasteiger partial charge in [0.2, 0.25) is 5.56 Å². The molecule has 3 rings (SSSR count). The summed E-state index contributed by atoms with van der Waals surface area (Å²) in [5.74, 6) is -1.04. The van der Waals surface area contributed by atoms with Crippen molar-refractivity contribution in [2.24, 2.45) is 12.2 Å². The molecule has 0 bridgehead atoms. The molecular formula is C26H26F3N3O4. The number of oxime groups is 1. The van der Waals surface area contributed by atoms with E-state index in [2.05, 4.69) is 10.5 Å². The van der Waals surface area contributed by atoms with Gasteiger partial charge >= 0.3 is 6.18 Å². The lowest BCUT2D eigenvalue weighted by atomic mass is 9.83. The largest absolute Gasteiger partial charge is 0.416 e. The molecule has 0 aliphatic carbocycles. The summed E-state index contributed by atoms with van der Waals surface area (Å²) in [5.41, 5.74) is 3.56. The highest BCUT2D eigenvalue weighted by molar-refractivity contribution is 6.00. The number of benzene rings is 2. The first-order valence-corrected chi connectivity index (χ1v) is 11.1. The second kappa shape index (κ2) is 11.2. The maximum Gasteiger partial charge on any atom is 0.416 e. The summed E-state index contributed by atoms with van der Waals surface area (Å²) < 4.78 is 38.9. The predicted molar refractivity (Wildman–Crippen MR) is 128 cm³/mol. The zero-order chi connectivity index (χ0) is 26.5. The molecule has 2 unspecified atom stereocenters. The third-order valence-electron chi connectivity index (χ3n) is 5.91. The van der Waals surface area contributed by atoms with Gasteiger partial charge in [0, 0.05) is 42.8 Å². The van der Waals surface area contributed by atoms with E-state index in [1.165, 1.54) is 22.8 Å². The van der Waals surface area contributed by atoms with E-state index in [1.54, 1.807) is 31.4 Å². The number of hydrogen-bond acceptors (Lipinski definition) is 5. The molecule has 0 aliphatic heterocycles. The number of hydrogen-bond donors (Lipinski definition) is 3. The maximum absolute atomic E-state index is 12.5. The van der Waals surface area contributed by atoms with Gasteiger partial charge in [-0.15, -0.1) is 0 Å². The van der Waals surface area contributed by atoms with Crippen LogP contribution in [0.1, 0.15) is 45.0 Å². The zero-order valence-electron chi connectivity index (χ0n) is 19.7. The van der Waals surface area contributed by atoms with E-state index in [4.69, 9.17) is 5.11 Å². The molecule has 2 aromatic carbocycles. The summed E-state index contributed by atoms with van der Waals surface area (Å²) in [4.78, 5) is 24.1. The van der Waals surface area contributed by atoms with E-state index < -0.39 is 24.7 Å². The highest BCUT2D eigenvalue weighted by Crippen LogP contribution is 2.32. The number of aryl methyl sites for hydroxylation is 2. The zero-order valence-corrected chi connectivity index (χ0v) is 19.7. The van der Waals surface area contributed by atoms with Crippen molar-refractivity contribution in [2.75, 3.05) is 6.54 Å². The Bertz CT molecular complexity index is 1300. The minimum Gasteiger partial charge on any atom is -0.411 e. The summed E-state index contributed by atoms with van der Waals surface area (Å²) in [6.07, 6.45) is -5.63. The number of pyridine rings is 1. The van der Waals surface area contributed by atoms with Gasteiger partial charge < -0.3 is 20.2 Å². The molecular weight excluding hydrogens is 475 g/mol. The van der Waals surface area contributed by atoms with E-state index in [1.807, 2.05) is 31.2 Å². The summed E-state index contributed by atoms with van der Waals surface area (Å²) in [7, 11) is 1.59. The lowest BCUT2D eigenvalue weighted by molar-refractivity contribution is -0.201. The Labute approximate surface area is 205 Å². The topological polar surface area (TPSA) is 104 Å². The molecule has 1 aromatic heterocycles. The van der Waals surface area contributed by atoms with Gasteiger partial charge in [0.15, 0.2) is 6.10 Å². The van der Waals surface area contributed by atoms with Crippen LogP contribution < -0.4 is 10.9 Å². The first kappa shape index (κ1) is 26.7. The van der Waals surface area contributed by atoms with Gasteiger partial charge in [0.1, 0.15) is 0 Å². The molecule has 190 valence electrons. The number of nitrogens with one attached hydrogen (secondary N) is 1. The first-order chi connectivity index (χ1) is 17.0. The number of aliphatic hydroxyl groups excluding tert-OH is 1. The van der Waals surface area contributed by atoms with Crippen LogP contribution in [-0.2, 0) is 7.05 Å². The summed E-state index contributed by atoms with van der Waals surface area (Å²) in [6, 6.07) is 17.0. The number of halogens is 3. The smallest absolute Gasteiger partial charge is 0.411 e. The average Bonchev–Trinajstić information content (AvgIpc) is 2.85. The normalized spacial score (nSPS) is 13.8. The molecule has 36 heavy (non-hydrogen) atoms. The Hall–Kier alpha value is -3.92. The Morgan fingerprint density at radius 3 is 2.28 bits per heavy atom. The third-order valence-corrected chi connectivity index (χ3v) is 5.91. The van der Waals surface area contributed by atoms with Crippen LogP contribution in [0.5, 0.6) is 0 Å². The molecule has 3 N–H and O–H groups in total. The Kier molecular flexibility index (Phi) is 8.31. The molecule has 0 saturated carbocycles. The number of rotatable bonds is 8. The van der Waals surface area contributed by atoms with Crippen molar-refractivity contribution >= 4 is 11.6 Å². The van der Waals surface area contributed by atoms with Crippen LogP contribution in [0.25, 0.3) is 0 Å². The minimum absolute atomic E-state index is 0.130. The van der Waals surface area contributed by atoms with Crippen LogP contribution in [0.2, 0.25) is 0 Å². The van der Waals surface area contributed by atoms with Crippen molar-refractivity contribution < 1.29 is 28.3 Å². The fourth-order valence-corrected chi connectivity index (χ4v) is 3.83. The highest BCUT2D eigenvalue weighted by Gasteiger charge is 2.38. The molecule has 0 saturated heterocycles. The van der Waals surface area contributed by atoms with Crippen molar-refractivity contribution in [3.8, 4) is 0 Å². The Balaban J connectivity index is 1.89. The molecule has 7 nitrogen and oxygen atoms in total. The number of alkyl halides is 3. The van der Waals surface area contributed by atoms with Crippen LogP contribution in [0.15, 0.2) is 76.8 Å². The van der Waals surface area contributed by atoms with Crippen molar-refractivity contribution in [1.29, 1.82) is 0 Å². The highest BCUT2D eigenvalue weighted by atomic mass is 19.4. The van der Waals surface area contributed by atoms with Gasteiger partial charge in [-0.05, 0) is 41.8 Å². The van der Waals surface area contributed by atoms with Crippen molar-refractivity contribution in [3.63, 3.8) is 0 Å². The molecule has 0 fully saturated rings. The Morgan fingerprint density at radius 2 is 1.69 bits per heavy atom. The van der Waals surface area contributed by atoms with E-state index in [9.17, 15) is 28.0 Å². The fourth-order valence-electron chi connectivity index (χ4n) is 3.83. The first-order valence-electron chi connectivity index (χ1n) is 11.1.